The third kappa shape index (κ3) is 4.11. The molecule has 29 heavy (non-hydrogen) atoms. The first-order valence-electron chi connectivity index (χ1n) is 10.3. The van der Waals surface area contributed by atoms with Crippen molar-refractivity contribution in [1.82, 2.24) is 19.6 Å². The number of anilines is 1. The first-order valence-corrected chi connectivity index (χ1v) is 10.3. The van der Waals surface area contributed by atoms with Gasteiger partial charge in [0.1, 0.15) is 0 Å². The number of ether oxygens (including phenoxy) is 1. The first kappa shape index (κ1) is 19.8. The van der Waals surface area contributed by atoms with E-state index < -0.39 is 0 Å². The zero-order chi connectivity index (χ0) is 20.4. The van der Waals surface area contributed by atoms with Crippen LogP contribution in [0.1, 0.15) is 49.8 Å². The fourth-order valence-electron chi connectivity index (χ4n) is 4.22. The van der Waals surface area contributed by atoms with E-state index in [1.54, 1.807) is 7.11 Å². The SMILES string of the molecule is COC[C@H](C)Nc1ncc2c(-c3cnccc3C)cc(C3CCC(O)CC3)n2n1. The summed E-state index contributed by atoms with van der Waals surface area (Å²) in [6.45, 7) is 4.72. The molecule has 4 rings (SSSR count). The molecule has 0 bridgehead atoms. The second kappa shape index (κ2) is 8.47. The number of hydrogen-bond acceptors (Lipinski definition) is 6. The van der Waals surface area contributed by atoms with Crippen LogP contribution < -0.4 is 5.32 Å². The Kier molecular flexibility index (Phi) is 5.78. The van der Waals surface area contributed by atoms with E-state index in [1.165, 1.54) is 11.3 Å². The summed E-state index contributed by atoms with van der Waals surface area (Å²) in [7, 11) is 1.69. The Bertz CT molecular complexity index is 978. The molecule has 0 saturated heterocycles. The number of nitrogens with one attached hydrogen (secondary N) is 1. The lowest BCUT2D eigenvalue weighted by atomic mass is 9.85. The van der Waals surface area contributed by atoms with Crippen molar-refractivity contribution in [2.24, 2.45) is 0 Å². The van der Waals surface area contributed by atoms with E-state index in [4.69, 9.17) is 9.84 Å². The number of aryl methyl sites for hydroxylation is 1. The molecule has 3 heterocycles. The molecule has 0 aliphatic heterocycles. The summed E-state index contributed by atoms with van der Waals surface area (Å²) in [6, 6.07) is 4.37. The summed E-state index contributed by atoms with van der Waals surface area (Å²) in [5, 5.41) is 18.1. The summed E-state index contributed by atoms with van der Waals surface area (Å²) in [4.78, 5) is 8.88. The molecule has 0 unspecified atom stereocenters. The zero-order valence-electron chi connectivity index (χ0n) is 17.3. The van der Waals surface area contributed by atoms with Crippen LogP contribution in [0.25, 0.3) is 16.6 Å². The van der Waals surface area contributed by atoms with E-state index in [0.717, 1.165) is 42.3 Å². The van der Waals surface area contributed by atoms with Crippen molar-refractivity contribution in [3.8, 4) is 11.1 Å². The standard InChI is InChI=1S/C22H29N5O2/c1-14-8-9-23-11-19(14)18-10-20(16-4-6-17(28)7-5-16)27-21(18)12-24-22(26-27)25-15(2)13-29-3/h8-12,15-17,28H,4-7,13H2,1-3H3,(H,25,26)/t15-,16?,17?/m0/s1. The fraction of sp³-hybridized carbons (Fsp3) is 0.500. The van der Waals surface area contributed by atoms with Gasteiger partial charge in [-0.3, -0.25) is 4.98 Å². The minimum atomic E-state index is -0.181. The van der Waals surface area contributed by atoms with Crippen molar-refractivity contribution in [2.45, 2.75) is 57.6 Å². The van der Waals surface area contributed by atoms with Crippen LogP contribution in [-0.2, 0) is 4.74 Å². The molecule has 1 saturated carbocycles. The third-order valence-electron chi connectivity index (χ3n) is 5.78. The second-order valence-electron chi connectivity index (χ2n) is 8.06. The average Bonchev–Trinajstić information content (AvgIpc) is 3.08. The Morgan fingerprint density at radius 3 is 2.76 bits per heavy atom. The minimum Gasteiger partial charge on any atom is -0.393 e. The van der Waals surface area contributed by atoms with Gasteiger partial charge < -0.3 is 15.2 Å². The van der Waals surface area contributed by atoms with Crippen LogP contribution in [0, 0.1) is 6.92 Å². The highest BCUT2D eigenvalue weighted by atomic mass is 16.5. The number of aromatic nitrogens is 4. The van der Waals surface area contributed by atoms with Gasteiger partial charge in [-0.1, -0.05) is 0 Å². The summed E-state index contributed by atoms with van der Waals surface area (Å²) in [5.41, 5.74) is 5.54. The van der Waals surface area contributed by atoms with Gasteiger partial charge in [0.15, 0.2) is 0 Å². The number of methoxy groups -OCH3 is 1. The van der Waals surface area contributed by atoms with Crippen LogP contribution in [0.2, 0.25) is 0 Å². The van der Waals surface area contributed by atoms with Crippen molar-refractivity contribution < 1.29 is 9.84 Å². The maximum Gasteiger partial charge on any atom is 0.241 e. The van der Waals surface area contributed by atoms with Gasteiger partial charge in [0, 0.05) is 48.3 Å². The van der Waals surface area contributed by atoms with Gasteiger partial charge in [-0.05, 0) is 57.2 Å². The van der Waals surface area contributed by atoms with Crippen LogP contribution >= 0.6 is 0 Å². The maximum absolute atomic E-state index is 9.94. The lowest BCUT2D eigenvalue weighted by Gasteiger charge is -2.25. The normalized spacial score (nSPS) is 20.7. The molecule has 3 aromatic heterocycles. The molecule has 1 atom stereocenters. The molecule has 0 spiro atoms. The van der Waals surface area contributed by atoms with Gasteiger partial charge in [-0.2, -0.15) is 0 Å². The van der Waals surface area contributed by atoms with Crippen LogP contribution in [-0.4, -0.2) is 50.6 Å². The molecule has 3 aromatic rings. The van der Waals surface area contributed by atoms with Gasteiger partial charge in [-0.15, -0.1) is 5.10 Å². The molecule has 0 radical (unpaired) electrons. The number of rotatable bonds is 6. The number of hydrogen-bond donors (Lipinski definition) is 2. The Morgan fingerprint density at radius 2 is 2.03 bits per heavy atom. The molecular weight excluding hydrogens is 366 g/mol. The topological polar surface area (TPSA) is 84.6 Å². The van der Waals surface area contributed by atoms with Gasteiger partial charge >= 0.3 is 0 Å². The lowest BCUT2D eigenvalue weighted by Crippen LogP contribution is -2.23. The van der Waals surface area contributed by atoms with Crippen molar-refractivity contribution >= 4 is 11.5 Å². The third-order valence-corrected chi connectivity index (χ3v) is 5.78. The fourth-order valence-corrected chi connectivity index (χ4v) is 4.22. The number of aliphatic hydroxyl groups excluding tert-OH is 1. The minimum absolute atomic E-state index is 0.112. The van der Waals surface area contributed by atoms with Gasteiger partial charge in [0.2, 0.25) is 5.95 Å². The van der Waals surface area contributed by atoms with Gasteiger partial charge in [-0.25, -0.2) is 9.50 Å². The van der Waals surface area contributed by atoms with E-state index in [1.807, 2.05) is 36.1 Å². The average molecular weight is 396 g/mol. The molecule has 154 valence electrons. The quantitative estimate of drug-likeness (QED) is 0.664. The molecule has 7 heteroatoms. The summed E-state index contributed by atoms with van der Waals surface area (Å²) >= 11 is 0. The molecule has 2 N–H and O–H groups in total. The number of nitrogens with zero attached hydrogens (tertiary/aromatic N) is 4. The van der Waals surface area contributed by atoms with E-state index in [2.05, 4.69) is 28.3 Å². The monoisotopic (exact) mass is 395 g/mol. The van der Waals surface area contributed by atoms with Crippen molar-refractivity contribution in [1.29, 1.82) is 0 Å². The largest absolute Gasteiger partial charge is 0.393 e. The highest BCUT2D eigenvalue weighted by Gasteiger charge is 2.26. The van der Waals surface area contributed by atoms with Gasteiger partial charge in [0.05, 0.1) is 24.4 Å². The Labute approximate surface area is 171 Å². The summed E-state index contributed by atoms with van der Waals surface area (Å²) in [5.74, 6) is 0.958. The Morgan fingerprint density at radius 1 is 1.24 bits per heavy atom. The molecule has 1 aliphatic rings. The molecule has 0 aromatic carbocycles. The number of pyridine rings is 1. The van der Waals surface area contributed by atoms with Crippen LogP contribution in [0.4, 0.5) is 5.95 Å². The molecule has 1 fully saturated rings. The maximum atomic E-state index is 9.94. The van der Waals surface area contributed by atoms with E-state index in [9.17, 15) is 5.11 Å². The zero-order valence-corrected chi connectivity index (χ0v) is 17.3. The van der Waals surface area contributed by atoms with Crippen LogP contribution in [0.3, 0.4) is 0 Å². The van der Waals surface area contributed by atoms with Gasteiger partial charge in [0.25, 0.3) is 0 Å². The smallest absolute Gasteiger partial charge is 0.241 e. The lowest BCUT2D eigenvalue weighted by molar-refractivity contribution is 0.121. The second-order valence-corrected chi connectivity index (χ2v) is 8.06. The highest BCUT2D eigenvalue weighted by Crippen LogP contribution is 2.38. The van der Waals surface area contributed by atoms with Crippen molar-refractivity contribution in [3.05, 3.63) is 42.0 Å². The van der Waals surface area contributed by atoms with E-state index in [0.29, 0.717) is 18.5 Å². The van der Waals surface area contributed by atoms with Crippen molar-refractivity contribution in [3.63, 3.8) is 0 Å². The molecule has 1 aliphatic carbocycles. The number of fused-ring (bicyclic) bond motifs is 1. The molecular formula is C22H29N5O2. The summed E-state index contributed by atoms with van der Waals surface area (Å²) < 4.78 is 7.24. The van der Waals surface area contributed by atoms with Crippen molar-refractivity contribution in [2.75, 3.05) is 19.0 Å². The Hall–Kier alpha value is -2.51. The predicted octanol–water partition coefficient (Wildman–Crippen LogP) is 3.57. The van der Waals surface area contributed by atoms with Crippen LogP contribution in [0.5, 0.6) is 0 Å². The predicted molar refractivity (Wildman–Crippen MR) is 113 cm³/mol. The first-order chi connectivity index (χ1) is 14.1. The highest BCUT2D eigenvalue weighted by molar-refractivity contribution is 5.82. The van der Waals surface area contributed by atoms with E-state index >= 15 is 0 Å². The summed E-state index contributed by atoms with van der Waals surface area (Å²) in [6.07, 6.45) is 9.02. The number of aliphatic hydroxyl groups is 1. The molecule has 0 amide bonds. The Balaban J connectivity index is 1.79. The molecule has 7 nitrogen and oxygen atoms in total. The van der Waals surface area contributed by atoms with Crippen LogP contribution in [0.15, 0.2) is 30.7 Å². The van der Waals surface area contributed by atoms with E-state index in [-0.39, 0.29) is 12.1 Å².